The zero-order chi connectivity index (χ0) is 14.7. The number of carboxylic acid groups (broad SMARTS) is 1. The van der Waals surface area contributed by atoms with Crippen LogP contribution in [0.4, 0.5) is 0 Å². The van der Waals surface area contributed by atoms with E-state index in [1.165, 1.54) is 0 Å². The number of hydrogen-bond donors (Lipinski definition) is 3. The van der Waals surface area contributed by atoms with E-state index in [1.54, 1.807) is 6.07 Å². The highest BCUT2D eigenvalue weighted by atomic mass is 79.9. The van der Waals surface area contributed by atoms with Crippen LogP contribution in [0, 0.1) is 0 Å². The average molecular weight is 339 g/mol. The van der Waals surface area contributed by atoms with Crippen molar-refractivity contribution in [3.63, 3.8) is 0 Å². The van der Waals surface area contributed by atoms with Gasteiger partial charge in [-0.3, -0.25) is 4.79 Å². The molecule has 1 heterocycles. The molecule has 0 aliphatic heterocycles. The van der Waals surface area contributed by atoms with Crippen LogP contribution in [0.2, 0.25) is 0 Å². The van der Waals surface area contributed by atoms with Crippen LogP contribution in [0.15, 0.2) is 28.7 Å². The number of halogens is 1. The molecule has 20 heavy (non-hydrogen) atoms. The molecule has 0 saturated heterocycles. The zero-order valence-corrected chi connectivity index (χ0v) is 12.5. The van der Waals surface area contributed by atoms with E-state index in [-0.39, 0.29) is 0 Å². The van der Waals surface area contributed by atoms with Crippen LogP contribution in [0.25, 0.3) is 10.9 Å². The number of amides is 1. The fourth-order valence-electron chi connectivity index (χ4n) is 2.00. The van der Waals surface area contributed by atoms with E-state index in [4.69, 9.17) is 5.11 Å². The fraction of sp³-hybridized carbons (Fsp3) is 0.286. The Bertz CT molecular complexity index is 651. The number of hydrogen-bond acceptors (Lipinski definition) is 2. The third kappa shape index (κ3) is 3.19. The maximum atomic E-state index is 12.1. The molecule has 2 rings (SSSR count). The van der Waals surface area contributed by atoms with E-state index < -0.39 is 17.9 Å². The Morgan fingerprint density at radius 1 is 1.40 bits per heavy atom. The largest absolute Gasteiger partial charge is 0.480 e. The molecular weight excluding hydrogens is 324 g/mol. The summed E-state index contributed by atoms with van der Waals surface area (Å²) in [4.78, 5) is 26.1. The van der Waals surface area contributed by atoms with E-state index in [0.717, 1.165) is 15.4 Å². The molecular formula is C14H15BrN2O3. The molecule has 0 saturated carbocycles. The van der Waals surface area contributed by atoms with Gasteiger partial charge in [0.05, 0.1) is 0 Å². The van der Waals surface area contributed by atoms with Crippen LogP contribution in [-0.2, 0) is 4.79 Å². The van der Waals surface area contributed by atoms with E-state index in [1.807, 2.05) is 25.1 Å². The van der Waals surface area contributed by atoms with Gasteiger partial charge in [-0.2, -0.15) is 0 Å². The number of nitrogens with one attached hydrogen (secondary N) is 2. The predicted molar refractivity (Wildman–Crippen MR) is 79.8 cm³/mol. The molecule has 6 heteroatoms. The van der Waals surface area contributed by atoms with Crippen molar-refractivity contribution in [2.24, 2.45) is 0 Å². The molecule has 0 bridgehead atoms. The SMILES string of the molecule is CCCC(NC(=O)c1cc2ccc(Br)cc2[nH]1)C(=O)O. The lowest BCUT2D eigenvalue weighted by Crippen LogP contribution is -2.40. The Morgan fingerprint density at radius 2 is 2.15 bits per heavy atom. The van der Waals surface area contributed by atoms with E-state index in [9.17, 15) is 9.59 Å². The van der Waals surface area contributed by atoms with Gasteiger partial charge < -0.3 is 15.4 Å². The zero-order valence-electron chi connectivity index (χ0n) is 10.9. The normalized spacial score (nSPS) is 12.3. The molecule has 2 aromatic rings. The highest BCUT2D eigenvalue weighted by Crippen LogP contribution is 2.20. The lowest BCUT2D eigenvalue weighted by Gasteiger charge is -2.12. The van der Waals surface area contributed by atoms with Crippen LogP contribution in [-0.4, -0.2) is 28.0 Å². The minimum Gasteiger partial charge on any atom is -0.480 e. The van der Waals surface area contributed by atoms with Crippen molar-refractivity contribution in [2.75, 3.05) is 0 Å². The molecule has 1 atom stereocenters. The first-order valence-electron chi connectivity index (χ1n) is 6.33. The molecule has 106 valence electrons. The van der Waals surface area contributed by atoms with Crippen LogP contribution in [0.5, 0.6) is 0 Å². The summed E-state index contributed by atoms with van der Waals surface area (Å²) in [5.41, 5.74) is 1.19. The summed E-state index contributed by atoms with van der Waals surface area (Å²) in [6, 6.07) is 6.49. The number of aromatic nitrogens is 1. The summed E-state index contributed by atoms with van der Waals surface area (Å²) in [6.07, 6.45) is 1.10. The van der Waals surface area contributed by atoms with Crippen molar-refractivity contribution in [1.29, 1.82) is 0 Å². The first kappa shape index (κ1) is 14.6. The van der Waals surface area contributed by atoms with Crippen molar-refractivity contribution in [3.05, 3.63) is 34.4 Å². The highest BCUT2D eigenvalue weighted by Gasteiger charge is 2.20. The fourth-order valence-corrected chi connectivity index (χ4v) is 2.36. The van der Waals surface area contributed by atoms with Gasteiger partial charge in [-0.15, -0.1) is 0 Å². The molecule has 1 aromatic carbocycles. The Morgan fingerprint density at radius 3 is 2.80 bits per heavy atom. The van der Waals surface area contributed by atoms with Crippen molar-refractivity contribution < 1.29 is 14.7 Å². The third-order valence-corrected chi connectivity index (χ3v) is 3.50. The van der Waals surface area contributed by atoms with Crippen LogP contribution in [0.3, 0.4) is 0 Å². The summed E-state index contributed by atoms with van der Waals surface area (Å²) >= 11 is 3.36. The van der Waals surface area contributed by atoms with E-state index in [2.05, 4.69) is 26.2 Å². The first-order valence-corrected chi connectivity index (χ1v) is 7.12. The summed E-state index contributed by atoms with van der Waals surface area (Å²) in [5.74, 6) is -1.42. The number of carboxylic acids is 1. The molecule has 3 N–H and O–H groups in total. The van der Waals surface area contributed by atoms with Crippen molar-refractivity contribution in [1.82, 2.24) is 10.3 Å². The maximum Gasteiger partial charge on any atom is 0.326 e. The number of aromatic amines is 1. The van der Waals surface area contributed by atoms with Crippen LogP contribution < -0.4 is 5.32 Å². The molecule has 0 radical (unpaired) electrons. The minimum atomic E-state index is -1.01. The Kier molecular flexibility index (Phi) is 4.44. The Labute approximate surface area is 124 Å². The minimum absolute atomic E-state index is 0.362. The second-order valence-corrected chi connectivity index (χ2v) is 5.48. The molecule has 0 aliphatic carbocycles. The van der Waals surface area contributed by atoms with Gasteiger partial charge in [-0.1, -0.05) is 35.3 Å². The molecule has 1 unspecified atom stereocenters. The van der Waals surface area contributed by atoms with Crippen molar-refractivity contribution >= 4 is 38.7 Å². The van der Waals surface area contributed by atoms with Crippen molar-refractivity contribution in [3.8, 4) is 0 Å². The standard InChI is InChI=1S/C14H15BrN2O3/c1-2-3-10(14(19)20)17-13(18)12-6-8-4-5-9(15)7-11(8)16-12/h4-7,10,16H,2-3H2,1H3,(H,17,18)(H,19,20). The number of benzene rings is 1. The maximum absolute atomic E-state index is 12.1. The smallest absolute Gasteiger partial charge is 0.326 e. The molecule has 0 fully saturated rings. The number of fused-ring (bicyclic) bond motifs is 1. The van der Waals surface area contributed by atoms with Crippen LogP contribution >= 0.6 is 15.9 Å². The number of rotatable bonds is 5. The van der Waals surface area contributed by atoms with Crippen molar-refractivity contribution in [2.45, 2.75) is 25.8 Å². The Hall–Kier alpha value is -1.82. The molecule has 1 amide bonds. The van der Waals surface area contributed by atoms with Gasteiger partial charge in [-0.05, 0) is 24.6 Å². The second kappa shape index (κ2) is 6.09. The topological polar surface area (TPSA) is 82.2 Å². The van der Waals surface area contributed by atoms with E-state index >= 15 is 0 Å². The van der Waals surface area contributed by atoms with Gasteiger partial charge >= 0.3 is 5.97 Å². The number of aliphatic carboxylic acids is 1. The summed E-state index contributed by atoms with van der Waals surface area (Å²) in [7, 11) is 0. The predicted octanol–water partition coefficient (Wildman–Crippen LogP) is 2.91. The van der Waals surface area contributed by atoms with Gasteiger partial charge in [0.2, 0.25) is 0 Å². The lowest BCUT2D eigenvalue weighted by molar-refractivity contribution is -0.139. The number of carbonyl (C=O) groups excluding carboxylic acids is 1. The summed E-state index contributed by atoms with van der Waals surface area (Å²) in [5, 5.41) is 12.5. The Balaban J connectivity index is 2.20. The number of carbonyl (C=O) groups is 2. The van der Waals surface area contributed by atoms with Gasteiger partial charge in [-0.25, -0.2) is 4.79 Å². The van der Waals surface area contributed by atoms with E-state index in [0.29, 0.717) is 18.5 Å². The first-order chi connectivity index (χ1) is 9.51. The summed E-state index contributed by atoms with van der Waals surface area (Å²) in [6.45, 7) is 1.88. The molecule has 0 aliphatic rings. The van der Waals surface area contributed by atoms with Gasteiger partial charge in [0, 0.05) is 15.4 Å². The highest BCUT2D eigenvalue weighted by molar-refractivity contribution is 9.10. The monoisotopic (exact) mass is 338 g/mol. The quantitative estimate of drug-likeness (QED) is 0.783. The van der Waals surface area contributed by atoms with Gasteiger partial charge in [0.15, 0.2) is 0 Å². The lowest BCUT2D eigenvalue weighted by atomic mass is 10.1. The molecule has 5 nitrogen and oxygen atoms in total. The van der Waals surface area contributed by atoms with Gasteiger partial charge in [0.1, 0.15) is 11.7 Å². The van der Waals surface area contributed by atoms with Gasteiger partial charge in [0.25, 0.3) is 5.91 Å². The summed E-state index contributed by atoms with van der Waals surface area (Å²) < 4.78 is 0.910. The average Bonchev–Trinajstić information content (AvgIpc) is 2.80. The van der Waals surface area contributed by atoms with Crippen LogP contribution in [0.1, 0.15) is 30.3 Å². The number of H-pyrrole nitrogens is 1. The second-order valence-electron chi connectivity index (χ2n) is 4.57. The molecule has 0 spiro atoms. The third-order valence-electron chi connectivity index (χ3n) is 3.01. The molecule has 1 aromatic heterocycles.